The highest BCUT2D eigenvalue weighted by Crippen LogP contribution is 2.40. The Morgan fingerprint density at radius 3 is 1.79 bits per heavy atom. The molecule has 0 bridgehead atoms. The normalized spacial score (nSPS) is 11.8. The van der Waals surface area contributed by atoms with Gasteiger partial charge in [0.1, 0.15) is 22.3 Å². The van der Waals surface area contributed by atoms with E-state index in [0.717, 1.165) is 88.0 Å². The molecule has 0 aliphatic heterocycles. The maximum atomic E-state index is 6.54. The van der Waals surface area contributed by atoms with Crippen LogP contribution in [0.1, 0.15) is 0 Å². The van der Waals surface area contributed by atoms with Gasteiger partial charge in [0.15, 0.2) is 17.5 Å². The van der Waals surface area contributed by atoms with E-state index in [0.29, 0.717) is 17.5 Å². The first-order valence-corrected chi connectivity index (χ1v) is 19.4. The van der Waals surface area contributed by atoms with E-state index >= 15 is 0 Å². The Kier molecular flexibility index (Phi) is 7.16. The summed E-state index contributed by atoms with van der Waals surface area (Å²) in [7, 11) is 0. The first-order valence-electron chi connectivity index (χ1n) is 19.4. The molecule has 3 heterocycles. The standard InChI is InChI=1S/C53H31N3O2/c1-2-11-34(12-3-1)51-54-52(56-53(55-51)45-17-8-16-43-42-14-6-7-18-46(42)58-50(43)45)39-25-22-33-21-24-38(29-40(33)30-39)41-15-9-19-47-49(41)44-27-26-37(31-48(44)57-47)36-23-20-32-10-4-5-13-35(32)28-36/h1-31H. The van der Waals surface area contributed by atoms with Crippen molar-refractivity contribution in [3.05, 3.63) is 188 Å². The van der Waals surface area contributed by atoms with Crippen molar-refractivity contribution in [1.29, 1.82) is 0 Å². The zero-order valence-corrected chi connectivity index (χ0v) is 31.1. The second-order valence-corrected chi connectivity index (χ2v) is 14.8. The summed E-state index contributed by atoms with van der Waals surface area (Å²) in [5, 5.41) is 8.95. The molecule has 0 radical (unpaired) electrons. The first-order chi connectivity index (χ1) is 28.7. The summed E-state index contributed by atoms with van der Waals surface area (Å²) < 4.78 is 13.0. The summed E-state index contributed by atoms with van der Waals surface area (Å²) in [6.45, 7) is 0. The molecule has 0 atom stereocenters. The fourth-order valence-corrected chi connectivity index (χ4v) is 8.43. The number of rotatable bonds is 5. The Morgan fingerprint density at radius 1 is 0.293 bits per heavy atom. The summed E-state index contributed by atoms with van der Waals surface area (Å²) in [5.41, 5.74) is 10.5. The van der Waals surface area contributed by atoms with Crippen LogP contribution in [-0.4, -0.2) is 15.0 Å². The molecule has 12 rings (SSSR count). The lowest BCUT2D eigenvalue weighted by molar-refractivity contribution is 0.669. The van der Waals surface area contributed by atoms with Gasteiger partial charge in [-0.05, 0) is 92.3 Å². The molecule has 0 spiro atoms. The number of nitrogens with zero attached hydrogens (tertiary/aromatic N) is 3. The number of furan rings is 2. The molecule has 0 aliphatic rings. The van der Waals surface area contributed by atoms with Gasteiger partial charge in [-0.3, -0.25) is 0 Å². The molecule has 270 valence electrons. The van der Waals surface area contributed by atoms with Crippen LogP contribution in [0.3, 0.4) is 0 Å². The molecule has 0 amide bonds. The van der Waals surface area contributed by atoms with Gasteiger partial charge in [0.05, 0.1) is 5.56 Å². The molecule has 0 unspecified atom stereocenters. The van der Waals surface area contributed by atoms with Crippen molar-refractivity contribution in [3.8, 4) is 56.4 Å². The lowest BCUT2D eigenvalue weighted by Crippen LogP contribution is -2.00. The molecule has 0 fully saturated rings. The van der Waals surface area contributed by atoms with Crippen LogP contribution in [0.5, 0.6) is 0 Å². The predicted molar refractivity (Wildman–Crippen MR) is 237 cm³/mol. The molecule has 5 nitrogen and oxygen atoms in total. The van der Waals surface area contributed by atoms with E-state index < -0.39 is 0 Å². The summed E-state index contributed by atoms with van der Waals surface area (Å²) in [5.74, 6) is 1.75. The maximum Gasteiger partial charge on any atom is 0.167 e. The van der Waals surface area contributed by atoms with E-state index in [1.54, 1.807) is 0 Å². The third kappa shape index (κ3) is 5.29. The molecular weight excluding hydrogens is 711 g/mol. The average Bonchev–Trinajstić information content (AvgIpc) is 3.87. The smallest absolute Gasteiger partial charge is 0.167 e. The maximum absolute atomic E-state index is 6.54. The monoisotopic (exact) mass is 741 g/mol. The van der Waals surface area contributed by atoms with Crippen LogP contribution in [-0.2, 0) is 0 Å². The zero-order valence-electron chi connectivity index (χ0n) is 31.1. The number of hydrogen-bond donors (Lipinski definition) is 0. The van der Waals surface area contributed by atoms with E-state index in [2.05, 4.69) is 127 Å². The highest BCUT2D eigenvalue weighted by Gasteiger charge is 2.19. The van der Waals surface area contributed by atoms with Crippen LogP contribution in [0.15, 0.2) is 197 Å². The Hall–Kier alpha value is -7.89. The Balaban J connectivity index is 0.975. The van der Waals surface area contributed by atoms with Gasteiger partial charge in [0, 0.05) is 32.7 Å². The van der Waals surface area contributed by atoms with Gasteiger partial charge in [0.25, 0.3) is 0 Å². The van der Waals surface area contributed by atoms with Crippen molar-refractivity contribution in [2.75, 3.05) is 0 Å². The molecule has 5 heteroatoms. The number of hydrogen-bond acceptors (Lipinski definition) is 5. The topological polar surface area (TPSA) is 65.0 Å². The van der Waals surface area contributed by atoms with Gasteiger partial charge in [-0.1, -0.05) is 140 Å². The highest BCUT2D eigenvalue weighted by molar-refractivity contribution is 6.14. The zero-order chi connectivity index (χ0) is 38.2. The molecule has 9 aromatic carbocycles. The molecule has 0 N–H and O–H groups in total. The van der Waals surface area contributed by atoms with E-state index in [4.69, 9.17) is 23.8 Å². The number of para-hydroxylation sites is 2. The lowest BCUT2D eigenvalue weighted by Gasteiger charge is -2.10. The van der Waals surface area contributed by atoms with Crippen molar-refractivity contribution >= 4 is 65.4 Å². The summed E-state index contributed by atoms with van der Waals surface area (Å²) in [4.78, 5) is 15.2. The molecule has 58 heavy (non-hydrogen) atoms. The first kappa shape index (κ1) is 32.4. The molecule has 0 saturated heterocycles. The van der Waals surface area contributed by atoms with Crippen LogP contribution < -0.4 is 0 Å². The fourth-order valence-electron chi connectivity index (χ4n) is 8.43. The largest absolute Gasteiger partial charge is 0.456 e. The number of fused-ring (bicyclic) bond motifs is 8. The third-order valence-corrected chi connectivity index (χ3v) is 11.3. The molecule has 12 aromatic rings. The average molecular weight is 742 g/mol. The minimum Gasteiger partial charge on any atom is -0.456 e. The van der Waals surface area contributed by atoms with Crippen molar-refractivity contribution in [2.45, 2.75) is 0 Å². The summed E-state index contributed by atoms with van der Waals surface area (Å²) >= 11 is 0. The van der Waals surface area contributed by atoms with Crippen LogP contribution in [0, 0.1) is 0 Å². The Labute approximate surface area is 332 Å². The summed E-state index contributed by atoms with van der Waals surface area (Å²) in [6.07, 6.45) is 0. The summed E-state index contributed by atoms with van der Waals surface area (Å²) in [6, 6.07) is 65.3. The van der Waals surface area contributed by atoms with Crippen molar-refractivity contribution in [3.63, 3.8) is 0 Å². The van der Waals surface area contributed by atoms with Crippen LogP contribution >= 0.6 is 0 Å². The SMILES string of the molecule is c1ccc(-c2nc(-c3ccc4ccc(-c5cccc6oc7cc(-c8ccc9ccccc9c8)ccc7c56)cc4c3)nc(-c3cccc4c3oc3ccccc34)n2)cc1. The van der Waals surface area contributed by atoms with Gasteiger partial charge in [-0.25, -0.2) is 15.0 Å². The van der Waals surface area contributed by atoms with E-state index in [9.17, 15) is 0 Å². The Bertz CT molecular complexity index is 3580. The fraction of sp³-hybridized carbons (Fsp3) is 0. The van der Waals surface area contributed by atoms with E-state index in [-0.39, 0.29) is 0 Å². The quantitative estimate of drug-likeness (QED) is 0.176. The van der Waals surface area contributed by atoms with Crippen molar-refractivity contribution in [1.82, 2.24) is 15.0 Å². The van der Waals surface area contributed by atoms with Gasteiger partial charge >= 0.3 is 0 Å². The lowest BCUT2D eigenvalue weighted by atomic mass is 9.95. The van der Waals surface area contributed by atoms with Crippen LogP contribution in [0.2, 0.25) is 0 Å². The van der Waals surface area contributed by atoms with Crippen molar-refractivity contribution < 1.29 is 8.83 Å². The predicted octanol–water partition coefficient (Wildman–Crippen LogP) is 14.3. The Morgan fingerprint density at radius 2 is 0.897 bits per heavy atom. The molecular formula is C53H31N3O2. The highest BCUT2D eigenvalue weighted by atomic mass is 16.3. The second kappa shape index (κ2) is 12.8. The minimum absolute atomic E-state index is 0.560. The van der Waals surface area contributed by atoms with Gasteiger partial charge in [-0.15, -0.1) is 0 Å². The third-order valence-electron chi connectivity index (χ3n) is 11.3. The van der Waals surface area contributed by atoms with E-state index in [1.165, 1.54) is 16.3 Å². The number of aromatic nitrogens is 3. The van der Waals surface area contributed by atoms with Gasteiger partial charge in [-0.2, -0.15) is 0 Å². The second-order valence-electron chi connectivity index (χ2n) is 14.8. The van der Waals surface area contributed by atoms with E-state index in [1.807, 2.05) is 60.7 Å². The van der Waals surface area contributed by atoms with Gasteiger partial charge < -0.3 is 8.83 Å². The van der Waals surface area contributed by atoms with Crippen LogP contribution in [0.4, 0.5) is 0 Å². The van der Waals surface area contributed by atoms with Crippen molar-refractivity contribution in [2.24, 2.45) is 0 Å². The molecule has 0 aliphatic carbocycles. The van der Waals surface area contributed by atoms with Gasteiger partial charge in [0.2, 0.25) is 0 Å². The minimum atomic E-state index is 0.560. The molecule has 3 aromatic heterocycles. The van der Waals surface area contributed by atoms with Crippen LogP contribution in [0.25, 0.3) is 122 Å². The molecule has 0 saturated carbocycles. The number of benzene rings is 9.